The fraction of sp³-hybridized carbons (Fsp3) is 0.500. The van der Waals surface area contributed by atoms with E-state index in [-0.39, 0.29) is 18.4 Å². The Morgan fingerprint density at radius 3 is 2.88 bits per heavy atom. The standard InChI is InChI=1S/C14H19NO2/c1-3-5-10-6-4-7-11-12(8-13(16)17)9(2)15-14(10)11/h4,6-7,9,12,15H,3,5,8H2,1-2H3,(H,16,17). The molecule has 0 fully saturated rings. The Morgan fingerprint density at radius 1 is 1.47 bits per heavy atom. The van der Waals surface area contributed by atoms with E-state index in [2.05, 4.69) is 31.3 Å². The number of carbonyl (C=O) groups is 1. The lowest BCUT2D eigenvalue weighted by Crippen LogP contribution is -2.18. The molecule has 1 aromatic carbocycles. The predicted molar refractivity (Wildman–Crippen MR) is 68.5 cm³/mol. The molecule has 0 amide bonds. The van der Waals surface area contributed by atoms with Crippen molar-refractivity contribution < 1.29 is 9.90 Å². The second-order valence-electron chi connectivity index (χ2n) is 4.77. The van der Waals surface area contributed by atoms with Gasteiger partial charge in [0.15, 0.2) is 0 Å². The van der Waals surface area contributed by atoms with E-state index >= 15 is 0 Å². The molecule has 0 spiro atoms. The minimum atomic E-state index is -0.725. The van der Waals surface area contributed by atoms with Crippen LogP contribution in [0.1, 0.15) is 43.7 Å². The summed E-state index contributed by atoms with van der Waals surface area (Å²) in [5.41, 5.74) is 3.66. The zero-order valence-electron chi connectivity index (χ0n) is 10.4. The number of carboxylic acid groups (broad SMARTS) is 1. The van der Waals surface area contributed by atoms with E-state index in [0.29, 0.717) is 0 Å². The molecule has 3 heteroatoms. The van der Waals surface area contributed by atoms with Crippen molar-refractivity contribution >= 4 is 11.7 Å². The molecule has 2 N–H and O–H groups in total. The zero-order valence-corrected chi connectivity index (χ0v) is 10.4. The van der Waals surface area contributed by atoms with Crippen molar-refractivity contribution in [2.45, 2.75) is 45.1 Å². The Balaban J connectivity index is 2.33. The number of carboxylic acids is 1. The van der Waals surface area contributed by atoms with Crippen LogP contribution in [-0.2, 0) is 11.2 Å². The number of rotatable bonds is 4. The van der Waals surface area contributed by atoms with Gasteiger partial charge in [0.1, 0.15) is 0 Å². The summed E-state index contributed by atoms with van der Waals surface area (Å²) in [6.07, 6.45) is 2.36. The average molecular weight is 233 g/mol. The molecule has 0 saturated heterocycles. The van der Waals surface area contributed by atoms with Crippen molar-refractivity contribution in [3.05, 3.63) is 29.3 Å². The fourth-order valence-corrected chi connectivity index (χ4v) is 2.66. The fourth-order valence-electron chi connectivity index (χ4n) is 2.66. The van der Waals surface area contributed by atoms with Gasteiger partial charge in [-0.2, -0.15) is 0 Å². The molecular formula is C14H19NO2. The summed E-state index contributed by atoms with van der Waals surface area (Å²) in [4.78, 5) is 10.9. The van der Waals surface area contributed by atoms with E-state index in [1.165, 1.54) is 16.8 Å². The van der Waals surface area contributed by atoms with Gasteiger partial charge in [-0.1, -0.05) is 31.5 Å². The van der Waals surface area contributed by atoms with Crippen LogP contribution in [0.4, 0.5) is 5.69 Å². The molecule has 0 aromatic heterocycles. The second kappa shape index (κ2) is 4.78. The molecule has 0 saturated carbocycles. The summed E-state index contributed by atoms with van der Waals surface area (Å²) in [5.74, 6) is -0.628. The topological polar surface area (TPSA) is 49.3 Å². The third kappa shape index (κ3) is 2.28. The molecule has 0 bridgehead atoms. The lowest BCUT2D eigenvalue weighted by atomic mass is 9.91. The van der Waals surface area contributed by atoms with E-state index in [9.17, 15) is 4.79 Å². The first-order valence-electron chi connectivity index (χ1n) is 6.23. The third-order valence-corrected chi connectivity index (χ3v) is 3.47. The van der Waals surface area contributed by atoms with Crippen LogP contribution in [0.3, 0.4) is 0 Å². The monoisotopic (exact) mass is 233 g/mol. The molecular weight excluding hydrogens is 214 g/mol. The SMILES string of the molecule is CCCc1cccc2c1NC(C)C2CC(=O)O. The van der Waals surface area contributed by atoms with Crippen LogP contribution < -0.4 is 5.32 Å². The second-order valence-corrected chi connectivity index (χ2v) is 4.77. The first-order valence-corrected chi connectivity index (χ1v) is 6.23. The molecule has 1 aromatic rings. The van der Waals surface area contributed by atoms with Gasteiger partial charge in [0.2, 0.25) is 0 Å². The van der Waals surface area contributed by atoms with E-state index in [1.807, 2.05) is 6.07 Å². The molecule has 2 atom stereocenters. The van der Waals surface area contributed by atoms with Gasteiger partial charge >= 0.3 is 5.97 Å². The highest BCUT2D eigenvalue weighted by Crippen LogP contribution is 2.40. The Bertz CT molecular complexity index is 428. The number of aliphatic carboxylic acids is 1. The van der Waals surface area contributed by atoms with Crippen molar-refractivity contribution in [2.75, 3.05) is 5.32 Å². The van der Waals surface area contributed by atoms with Gasteiger partial charge < -0.3 is 10.4 Å². The van der Waals surface area contributed by atoms with Gasteiger partial charge in [0, 0.05) is 17.6 Å². The number of nitrogens with one attached hydrogen (secondary N) is 1. The molecule has 1 aliphatic heterocycles. The van der Waals surface area contributed by atoms with Crippen molar-refractivity contribution in [3.63, 3.8) is 0 Å². The van der Waals surface area contributed by atoms with Gasteiger partial charge in [0.25, 0.3) is 0 Å². The molecule has 3 nitrogen and oxygen atoms in total. The first kappa shape index (κ1) is 12.0. The van der Waals surface area contributed by atoms with E-state index in [1.54, 1.807) is 0 Å². The van der Waals surface area contributed by atoms with E-state index in [0.717, 1.165) is 12.8 Å². The van der Waals surface area contributed by atoms with E-state index < -0.39 is 5.97 Å². The number of hydrogen-bond donors (Lipinski definition) is 2. The Hall–Kier alpha value is -1.51. The van der Waals surface area contributed by atoms with Gasteiger partial charge in [0.05, 0.1) is 6.42 Å². The number of fused-ring (bicyclic) bond motifs is 1. The van der Waals surface area contributed by atoms with Crippen LogP contribution in [-0.4, -0.2) is 17.1 Å². The number of hydrogen-bond acceptors (Lipinski definition) is 2. The minimum Gasteiger partial charge on any atom is -0.481 e. The highest BCUT2D eigenvalue weighted by Gasteiger charge is 2.31. The smallest absolute Gasteiger partial charge is 0.304 e. The molecule has 92 valence electrons. The van der Waals surface area contributed by atoms with Crippen molar-refractivity contribution in [3.8, 4) is 0 Å². The minimum absolute atomic E-state index is 0.0966. The number of para-hydroxylation sites is 1. The maximum Gasteiger partial charge on any atom is 0.304 e. The van der Waals surface area contributed by atoms with Crippen LogP contribution in [0.15, 0.2) is 18.2 Å². The number of anilines is 1. The summed E-state index contributed by atoms with van der Waals surface area (Å²) in [5, 5.41) is 12.4. The third-order valence-electron chi connectivity index (χ3n) is 3.47. The maximum atomic E-state index is 10.9. The van der Waals surface area contributed by atoms with Gasteiger partial charge in [-0.05, 0) is 24.5 Å². The summed E-state index contributed by atoms with van der Waals surface area (Å²) >= 11 is 0. The Kier molecular flexibility index (Phi) is 3.36. The summed E-state index contributed by atoms with van der Waals surface area (Å²) in [6, 6.07) is 6.43. The van der Waals surface area contributed by atoms with Crippen molar-refractivity contribution in [2.24, 2.45) is 0 Å². The van der Waals surface area contributed by atoms with Crippen LogP contribution >= 0.6 is 0 Å². The highest BCUT2D eigenvalue weighted by atomic mass is 16.4. The quantitative estimate of drug-likeness (QED) is 0.840. The molecule has 2 rings (SSSR count). The van der Waals surface area contributed by atoms with Gasteiger partial charge in [-0.3, -0.25) is 4.79 Å². The zero-order chi connectivity index (χ0) is 12.4. The lowest BCUT2D eigenvalue weighted by molar-refractivity contribution is -0.137. The highest BCUT2D eigenvalue weighted by molar-refractivity contribution is 5.72. The molecule has 1 heterocycles. The largest absolute Gasteiger partial charge is 0.481 e. The Morgan fingerprint density at radius 2 is 2.24 bits per heavy atom. The van der Waals surface area contributed by atoms with Crippen LogP contribution in [0.25, 0.3) is 0 Å². The summed E-state index contributed by atoms with van der Waals surface area (Å²) in [6.45, 7) is 4.22. The molecule has 1 aliphatic rings. The number of aryl methyl sites for hydroxylation is 1. The van der Waals surface area contributed by atoms with Gasteiger partial charge in [-0.15, -0.1) is 0 Å². The maximum absolute atomic E-state index is 10.9. The van der Waals surface area contributed by atoms with Crippen LogP contribution in [0.2, 0.25) is 0 Å². The average Bonchev–Trinajstić information content (AvgIpc) is 2.57. The van der Waals surface area contributed by atoms with E-state index in [4.69, 9.17) is 5.11 Å². The predicted octanol–water partition coefficient (Wildman–Crippen LogP) is 3.01. The van der Waals surface area contributed by atoms with Crippen molar-refractivity contribution in [1.82, 2.24) is 0 Å². The molecule has 0 radical (unpaired) electrons. The normalized spacial score (nSPS) is 22.0. The van der Waals surface area contributed by atoms with Crippen LogP contribution in [0, 0.1) is 0 Å². The lowest BCUT2D eigenvalue weighted by Gasteiger charge is -2.13. The summed E-state index contributed by atoms with van der Waals surface area (Å²) in [7, 11) is 0. The molecule has 2 unspecified atom stereocenters. The molecule has 0 aliphatic carbocycles. The molecule has 17 heavy (non-hydrogen) atoms. The number of benzene rings is 1. The summed E-state index contributed by atoms with van der Waals surface area (Å²) < 4.78 is 0. The Labute approximate surface area is 102 Å². The van der Waals surface area contributed by atoms with Crippen molar-refractivity contribution in [1.29, 1.82) is 0 Å². The van der Waals surface area contributed by atoms with Crippen LogP contribution in [0.5, 0.6) is 0 Å². The van der Waals surface area contributed by atoms with Gasteiger partial charge in [-0.25, -0.2) is 0 Å². The first-order chi connectivity index (χ1) is 8.13.